The molecule has 2 aromatic carbocycles. The van der Waals surface area contributed by atoms with Crippen LogP contribution in [-0.2, 0) is 13.0 Å². The molecule has 0 amide bonds. The number of aliphatic imine (C=N–C) groups is 1. The standard InChI is InChI=1S/C17H17FN4/c1-2-12-4-3-5-15(8-12)22-17(20)21-11-14-7-6-13(10-19)9-16(14)18/h3-9H,2,11H2,1H3,(H3,20,21,22). The highest BCUT2D eigenvalue weighted by Crippen LogP contribution is 2.12. The number of nitrogens with one attached hydrogen (secondary N) is 1. The lowest BCUT2D eigenvalue weighted by Crippen LogP contribution is -2.22. The Morgan fingerprint density at radius 1 is 1.32 bits per heavy atom. The summed E-state index contributed by atoms with van der Waals surface area (Å²) in [6.07, 6.45) is 0.934. The second-order valence-corrected chi connectivity index (χ2v) is 4.80. The van der Waals surface area contributed by atoms with Gasteiger partial charge in [0.2, 0.25) is 0 Å². The van der Waals surface area contributed by atoms with Gasteiger partial charge < -0.3 is 11.1 Å². The molecule has 4 nitrogen and oxygen atoms in total. The van der Waals surface area contributed by atoms with Gasteiger partial charge in [0, 0.05) is 11.3 Å². The van der Waals surface area contributed by atoms with Gasteiger partial charge in [-0.15, -0.1) is 0 Å². The molecule has 0 heterocycles. The molecular formula is C17H17FN4. The maximum atomic E-state index is 13.7. The quantitative estimate of drug-likeness (QED) is 0.672. The van der Waals surface area contributed by atoms with Crippen LogP contribution < -0.4 is 11.1 Å². The van der Waals surface area contributed by atoms with E-state index in [0.717, 1.165) is 12.1 Å². The fraction of sp³-hybridized carbons (Fsp3) is 0.176. The van der Waals surface area contributed by atoms with Crippen LogP contribution in [0, 0.1) is 17.1 Å². The van der Waals surface area contributed by atoms with Gasteiger partial charge in [0.25, 0.3) is 0 Å². The average molecular weight is 296 g/mol. The highest BCUT2D eigenvalue weighted by atomic mass is 19.1. The van der Waals surface area contributed by atoms with Crippen molar-refractivity contribution in [3.8, 4) is 6.07 Å². The van der Waals surface area contributed by atoms with Crippen LogP contribution >= 0.6 is 0 Å². The van der Waals surface area contributed by atoms with Gasteiger partial charge in [0.05, 0.1) is 18.2 Å². The third kappa shape index (κ3) is 4.06. The molecule has 0 saturated carbocycles. The molecule has 0 atom stereocenters. The van der Waals surface area contributed by atoms with Crippen molar-refractivity contribution in [2.75, 3.05) is 5.32 Å². The molecule has 0 unspecified atom stereocenters. The molecule has 0 fully saturated rings. The summed E-state index contributed by atoms with van der Waals surface area (Å²) in [6, 6.07) is 14.0. The summed E-state index contributed by atoms with van der Waals surface area (Å²) >= 11 is 0. The van der Waals surface area contributed by atoms with Crippen LogP contribution in [0.5, 0.6) is 0 Å². The molecule has 0 radical (unpaired) electrons. The third-order valence-corrected chi connectivity index (χ3v) is 3.21. The van der Waals surface area contributed by atoms with Gasteiger partial charge >= 0.3 is 0 Å². The monoisotopic (exact) mass is 296 g/mol. The lowest BCUT2D eigenvalue weighted by Gasteiger charge is -2.07. The van der Waals surface area contributed by atoms with Gasteiger partial charge in [0.15, 0.2) is 5.96 Å². The molecule has 0 aliphatic heterocycles. The first-order valence-corrected chi connectivity index (χ1v) is 6.96. The highest BCUT2D eigenvalue weighted by Gasteiger charge is 2.03. The van der Waals surface area contributed by atoms with Crippen molar-refractivity contribution in [2.24, 2.45) is 10.7 Å². The first-order chi connectivity index (χ1) is 10.6. The fourth-order valence-electron chi connectivity index (χ4n) is 1.97. The van der Waals surface area contributed by atoms with E-state index in [-0.39, 0.29) is 18.1 Å². The predicted octanol–water partition coefficient (Wildman–Crippen LogP) is 3.19. The van der Waals surface area contributed by atoms with E-state index in [1.54, 1.807) is 12.1 Å². The minimum atomic E-state index is -0.455. The zero-order chi connectivity index (χ0) is 15.9. The predicted molar refractivity (Wildman–Crippen MR) is 85.9 cm³/mol. The van der Waals surface area contributed by atoms with E-state index in [1.165, 1.54) is 11.6 Å². The Labute approximate surface area is 129 Å². The number of hydrogen-bond acceptors (Lipinski definition) is 2. The van der Waals surface area contributed by atoms with Crippen molar-refractivity contribution >= 4 is 11.6 Å². The van der Waals surface area contributed by atoms with E-state index < -0.39 is 5.82 Å². The Morgan fingerprint density at radius 3 is 2.82 bits per heavy atom. The number of anilines is 1. The maximum absolute atomic E-state index is 13.7. The van der Waals surface area contributed by atoms with Crippen LogP contribution in [0.15, 0.2) is 47.5 Å². The van der Waals surface area contributed by atoms with Crippen LogP contribution in [0.25, 0.3) is 0 Å². The Bertz CT molecular complexity index is 732. The van der Waals surface area contributed by atoms with E-state index in [4.69, 9.17) is 11.0 Å². The van der Waals surface area contributed by atoms with Gasteiger partial charge in [-0.3, -0.25) is 0 Å². The summed E-state index contributed by atoms with van der Waals surface area (Å²) in [7, 11) is 0. The van der Waals surface area contributed by atoms with Gasteiger partial charge in [0.1, 0.15) is 5.82 Å². The molecule has 0 aliphatic rings. The second kappa shape index (κ2) is 7.23. The van der Waals surface area contributed by atoms with Gasteiger partial charge in [-0.1, -0.05) is 25.1 Å². The molecule has 2 rings (SSSR count). The zero-order valence-electron chi connectivity index (χ0n) is 12.3. The molecule has 0 bridgehead atoms. The minimum absolute atomic E-state index is 0.115. The topological polar surface area (TPSA) is 74.2 Å². The van der Waals surface area contributed by atoms with Crippen molar-refractivity contribution in [2.45, 2.75) is 19.9 Å². The highest BCUT2D eigenvalue weighted by molar-refractivity contribution is 5.92. The van der Waals surface area contributed by atoms with Crippen LogP contribution in [0.3, 0.4) is 0 Å². The van der Waals surface area contributed by atoms with Crippen LogP contribution in [0.1, 0.15) is 23.6 Å². The van der Waals surface area contributed by atoms with Crippen molar-refractivity contribution in [1.29, 1.82) is 5.26 Å². The number of nitriles is 1. The number of halogens is 1. The van der Waals surface area contributed by atoms with Gasteiger partial charge in [-0.05, 0) is 36.2 Å². The summed E-state index contributed by atoms with van der Waals surface area (Å²) in [4.78, 5) is 4.12. The lowest BCUT2D eigenvalue weighted by atomic mass is 10.1. The number of nitrogens with zero attached hydrogens (tertiary/aromatic N) is 2. The summed E-state index contributed by atoms with van der Waals surface area (Å²) < 4.78 is 13.7. The molecule has 112 valence electrons. The molecule has 0 aliphatic carbocycles. The number of benzene rings is 2. The van der Waals surface area contributed by atoms with Crippen molar-refractivity contribution in [3.63, 3.8) is 0 Å². The maximum Gasteiger partial charge on any atom is 0.193 e. The summed E-state index contributed by atoms with van der Waals surface area (Å²) in [5.41, 5.74) is 8.53. The molecule has 22 heavy (non-hydrogen) atoms. The summed E-state index contributed by atoms with van der Waals surface area (Å²) in [5, 5.41) is 11.7. The van der Waals surface area contributed by atoms with Crippen LogP contribution in [-0.4, -0.2) is 5.96 Å². The second-order valence-electron chi connectivity index (χ2n) is 4.80. The zero-order valence-corrected chi connectivity index (χ0v) is 12.3. The molecule has 0 spiro atoms. The number of nitrogens with two attached hydrogens (primary N) is 1. The first-order valence-electron chi connectivity index (χ1n) is 6.96. The van der Waals surface area contributed by atoms with E-state index in [9.17, 15) is 4.39 Å². The lowest BCUT2D eigenvalue weighted by molar-refractivity contribution is 0.610. The molecule has 2 aromatic rings. The normalized spacial score (nSPS) is 11.0. The van der Waals surface area contributed by atoms with E-state index in [0.29, 0.717) is 5.56 Å². The van der Waals surface area contributed by atoms with E-state index >= 15 is 0 Å². The van der Waals surface area contributed by atoms with Crippen LogP contribution in [0.2, 0.25) is 0 Å². The molecule has 0 aromatic heterocycles. The summed E-state index contributed by atoms with van der Waals surface area (Å²) in [5.74, 6) is -0.236. The Balaban J connectivity index is 2.05. The van der Waals surface area contributed by atoms with Crippen LogP contribution in [0.4, 0.5) is 10.1 Å². The Kier molecular flexibility index (Phi) is 5.10. The molecular weight excluding hydrogens is 279 g/mol. The van der Waals surface area contributed by atoms with Crippen molar-refractivity contribution in [1.82, 2.24) is 0 Å². The third-order valence-electron chi connectivity index (χ3n) is 3.21. The number of guanidine groups is 1. The Hall–Kier alpha value is -2.87. The number of aryl methyl sites for hydroxylation is 1. The fourth-order valence-corrected chi connectivity index (χ4v) is 1.97. The molecule has 0 saturated heterocycles. The van der Waals surface area contributed by atoms with Crippen molar-refractivity contribution in [3.05, 3.63) is 65.0 Å². The number of hydrogen-bond donors (Lipinski definition) is 2. The van der Waals surface area contributed by atoms with Gasteiger partial charge in [-0.25, -0.2) is 9.38 Å². The first kappa shape index (κ1) is 15.5. The molecule has 5 heteroatoms. The van der Waals surface area contributed by atoms with E-state index in [2.05, 4.69) is 17.2 Å². The van der Waals surface area contributed by atoms with Crippen molar-refractivity contribution < 1.29 is 4.39 Å². The average Bonchev–Trinajstić information content (AvgIpc) is 2.53. The summed E-state index contributed by atoms with van der Waals surface area (Å²) in [6.45, 7) is 2.19. The Morgan fingerprint density at radius 2 is 2.14 bits per heavy atom. The SMILES string of the molecule is CCc1cccc(NC(N)=NCc2ccc(C#N)cc2F)c1. The molecule has 3 N–H and O–H groups in total. The minimum Gasteiger partial charge on any atom is -0.370 e. The smallest absolute Gasteiger partial charge is 0.193 e. The van der Waals surface area contributed by atoms with E-state index in [1.807, 2.05) is 30.3 Å². The van der Waals surface area contributed by atoms with Gasteiger partial charge in [-0.2, -0.15) is 5.26 Å². The largest absolute Gasteiger partial charge is 0.370 e. The number of rotatable bonds is 4.